The number of carbonyl (C=O) groups is 2. The second-order valence-corrected chi connectivity index (χ2v) is 6.22. The first-order chi connectivity index (χ1) is 12.0. The highest BCUT2D eigenvalue weighted by molar-refractivity contribution is 6.00. The summed E-state index contributed by atoms with van der Waals surface area (Å²) in [7, 11) is 0. The van der Waals surface area contributed by atoms with Crippen LogP contribution in [0.15, 0.2) is 47.1 Å². The Morgan fingerprint density at radius 3 is 2.84 bits per heavy atom. The number of amides is 2. The summed E-state index contributed by atoms with van der Waals surface area (Å²) in [4.78, 5) is 26.2. The van der Waals surface area contributed by atoms with E-state index in [0.29, 0.717) is 24.4 Å². The van der Waals surface area contributed by atoms with E-state index in [2.05, 4.69) is 5.32 Å². The zero-order valence-corrected chi connectivity index (χ0v) is 14.4. The lowest BCUT2D eigenvalue weighted by atomic mass is 10.1. The van der Waals surface area contributed by atoms with Crippen molar-refractivity contribution in [1.29, 1.82) is 0 Å². The Bertz CT molecular complexity index is 742. The predicted molar refractivity (Wildman–Crippen MR) is 93.5 cm³/mol. The second-order valence-electron chi connectivity index (χ2n) is 6.22. The maximum Gasteiger partial charge on any atom is 0.267 e. The second kappa shape index (κ2) is 7.42. The largest absolute Gasteiger partial charge is 0.479 e. The van der Waals surface area contributed by atoms with Crippen molar-refractivity contribution < 1.29 is 18.7 Å². The summed E-state index contributed by atoms with van der Waals surface area (Å²) in [5.41, 5.74) is 0.710. The van der Waals surface area contributed by atoms with Gasteiger partial charge in [0.2, 0.25) is 5.91 Å². The van der Waals surface area contributed by atoms with Gasteiger partial charge in [-0.15, -0.1) is 0 Å². The van der Waals surface area contributed by atoms with Crippen molar-refractivity contribution in [2.75, 3.05) is 11.4 Å². The van der Waals surface area contributed by atoms with E-state index < -0.39 is 6.10 Å². The molecule has 1 N–H and O–H groups in total. The Kier molecular flexibility index (Phi) is 5.07. The first-order valence-electron chi connectivity index (χ1n) is 8.43. The van der Waals surface area contributed by atoms with Crippen LogP contribution in [0.25, 0.3) is 0 Å². The van der Waals surface area contributed by atoms with Crippen LogP contribution in [0.1, 0.15) is 26.0 Å². The number of nitrogens with zero attached hydrogens (tertiary/aromatic N) is 1. The van der Waals surface area contributed by atoms with Gasteiger partial charge in [0.25, 0.3) is 5.91 Å². The molecule has 2 heterocycles. The highest BCUT2D eigenvalue weighted by Gasteiger charge is 2.31. The molecule has 1 aliphatic rings. The summed E-state index contributed by atoms with van der Waals surface area (Å²) < 4.78 is 10.9. The molecule has 1 aromatic carbocycles. The molecule has 0 saturated carbocycles. The monoisotopic (exact) mass is 342 g/mol. The van der Waals surface area contributed by atoms with Gasteiger partial charge in [-0.2, -0.15) is 0 Å². The molecule has 2 amide bonds. The standard InChI is InChI=1S/C19H22N2O4/c1-13(12-15-6-5-11-24-15)20-18(22)9-10-21-16-7-3-4-8-17(16)25-14(2)19(21)23/h3-8,11,13-14H,9-10,12H2,1-2H3,(H,20,22)/t13-,14+/m1/s1. The summed E-state index contributed by atoms with van der Waals surface area (Å²) in [5, 5.41) is 2.94. The van der Waals surface area contributed by atoms with E-state index in [-0.39, 0.29) is 24.3 Å². The van der Waals surface area contributed by atoms with Crippen LogP contribution in [0.2, 0.25) is 0 Å². The number of anilines is 1. The molecule has 0 aliphatic carbocycles. The minimum Gasteiger partial charge on any atom is -0.479 e. The lowest BCUT2D eigenvalue weighted by Crippen LogP contribution is -2.46. The smallest absolute Gasteiger partial charge is 0.267 e. The van der Waals surface area contributed by atoms with Crippen molar-refractivity contribution in [2.45, 2.75) is 38.8 Å². The molecular weight excluding hydrogens is 320 g/mol. The van der Waals surface area contributed by atoms with Gasteiger partial charge in [0, 0.05) is 25.4 Å². The first kappa shape index (κ1) is 17.1. The normalized spacial score (nSPS) is 17.6. The lowest BCUT2D eigenvalue weighted by molar-refractivity contribution is -0.125. The van der Waals surface area contributed by atoms with Gasteiger partial charge >= 0.3 is 0 Å². The maximum absolute atomic E-state index is 12.4. The molecule has 2 atom stereocenters. The highest BCUT2D eigenvalue weighted by Crippen LogP contribution is 2.33. The van der Waals surface area contributed by atoms with Gasteiger partial charge in [-0.3, -0.25) is 9.59 Å². The van der Waals surface area contributed by atoms with Crippen LogP contribution in [0.3, 0.4) is 0 Å². The van der Waals surface area contributed by atoms with Gasteiger partial charge in [-0.05, 0) is 38.1 Å². The topological polar surface area (TPSA) is 71.8 Å². The lowest BCUT2D eigenvalue weighted by Gasteiger charge is -2.32. The van der Waals surface area contributed by atoms with E-state index >= 15 is 0 Å². The van der Waals surface area contributed by atoms with Crippen molar-refractivity contribution in [3.63, 3.8) is 0 Å². The van der Waals surface area contributed by atoms with Crippen LogP contribution < -0.4 is 15.0 Å². The molecule has 6 nitrogen and oxygen atoms in total. The van der Waals surface area contributed by atoms with Crippen molar-refractivity contribution in [3.8, 4) is 5.75 Å². The number of benzene rings is 1. The first-order valence-corrected chi connectivity index (χ1v) is 8.43. The molecule has 1 aliphatic heterocycles. The molecule has 3 rings (SSSR count). The molecule has 0 unspecified atom stereocenters. The van der Waals surface area contributed by atoms with Crippen LogP contribution in [0.4, 0.5) is 5.69 Å². The SMILES string of the molecule is C[C@H](Cc1ccco1)NC(=O)CCN1C(=O)[C@H](C)Oc2ccccc21. The molecular formula is C19H22N2O4. The fourth-order valence-electron chi connectivity index (χ4n) is 2.93. The molecule has 2 aromatic rings. The third-order valence-corrected chi connectivity index (χ3v) is 4.13. The number of fused-ring (bicyclic) bond motifs is 1. The fourth-order valence-corrected chi connectivity index (χ4v) is 2.93. The van der Waals surface area contributed by atoms with Gasteiger partial charge in [0.1, 0.15) is 11.5 Å². The van der Waals surface area contributed by atoms with E-state index in [1.54, 1.807) is 18.1 Å². The Labute approximate surface area is 146 Å². The third-order valence-electron chi connectivity index (χ3n) is 4.13. The van der Waals surface area contributed by atoms with Gasteiger partial charge in [0.05, 0.1) is 12.0 Å². The molecule has 25 heavy (non-hydrogen) atoms. The van der Waals surface area contributed by atoms with Crippen molar-refractivity contribution in [1.82, 2.24) is 5.32 Å². The van der Waals surface area contributed by atoms with Gasteiger partial charge < -0.3 is 19.4 Å². The zero-order valence-electron chi connectivity index (χ0n) is 14.4. The van der Waals surface area contributed by atoms with Crippen LogP contribution in [-0.4, -0.2) is 30.5 Å². The van der Waals surface area contributed by atoms with Crippen molar-refractivity contribution >= 4 is 17.5 Å². The number of carbonyl (C=O) groups excluding carboxylic acids is 2. The molecule has 0 radical (unpaired) electrons. The number of hydrogen-bond acceptors (Lipinski definition) is 4. The maximum atomic E-state index is 12.4. The Morgan fingerprint density at radius 1 is 1.28 bits per heavy atom. The van der Waals surface area contributed by atoms with E-state index in [0.717, 1.165) is 5.76 Å². The van der Waals surface area contributed by atoms with Gasteiger partial charge in [-0.25, -0.2) is 0 Å². The van der Waals surface area contributed by atoms with E-state index in [1.165, 1.54) is 0 Å². The van der Waals surface area contributed by atoms with E-state index in [4.69, 9.17) is 9.15 Å². The molecule has 0 fully saturated rings. The Morgan fingerprint density at radius 2 is 2.08 bits per heavy atom. The molecule has 6 heteroatoms. The number of para-hydroxylation sites is 2. The van der Waals surface area contributed by atoms with Crippen LogP contribution in [-0.2, 0) is 16.0 Å². The van der Waals surface area contributed by atoms with Crippen LogP contribution in [0, 0.1) is 0 Å². The minimum atomic E-state index is -0.546. The Hall–Kier alpha value is -2.76. The number of ether oxygens (including phenoxy) is 1. The molecule has 132 valence electrons. The predicted octanol–water partition coefficient (Wildman–Crippen LogP) is 2.53. The fraction of sp³-hybridized carbons (Fsp3) is 0.368. The number of rotatable bonds is 6. The third kappa shape index (κ3) is 4.02. The summed E-state index contributed by atoms with van der Waals surface area (Å²) in [6, 6.07) is 11.0. The summed E-state index contributed by atoms with van der Waals surface area (Å²) in [6.45, 7) is 3.97. The summed E-state index contributed by atoms with van der Waals surface area (Å²) in [6.07, 6.45) is 1.94. The van der Waals surface area contributed by atoms with E-state index in [1.807, 2.05) is 43.3 Å². The average molecular weight is 342 g/mol. The number of nitrogens with one attached hydrogen (secondary N) is 1. The average Bonchev–Trinajstić information content (AvgIpc) is 3.08. The summed E-state index contributed by atoms with van der Waals surface area (Å²) >= 11 is 0. The zero-order chi connectivity index (χ0) is 17.8. The van der Waals surface area contributed by atoms with Gasteiger partial charge in [-0.1, -0.05) is 12.1 Å². The number of furan rings is 1. The molecule has 0 spiro atoms. The van der Waals surface area contributed by atoms with Crippen molar-refractivity contribution in [3.05, 3.63) is 48.4 Å². The van der Waals surface area contributed by atoms with Crippen LogP contribution in [0.5, 0.6) is 5.75 Å². The van der Waals surface area contributed by atoms with Gasteiger partial charge in [0.15, 0.2) is 6.10 Å². The quantitative estimate of drug-likeness (QED) is 0.876. The molecule has 1 aromatic heterocycles. The molecule has 0 bridgehead atoms. The van der Waals surface area contributed by atoms with E-state index in [9.17, 15) is 9.59 Å². The molecule has 0 saturated heterocycles. The Balaban J connectivity index is 1.57. The minimum absolute atomic E-state index is 0.0368. The number of hydrogen-bond donors (Lipinski definition) is 1. The van der Waals surface area contributed by atoms with Crippen molar-refractivity contribution in [2.24, 2.45) is 0 Å². The summed E-state index contributed by atoms with van der Waals surface area (Å²) in [5.74, 6) is 1.28. The highest BCUT2D eigenvalue weighted by atomic mass is 16.5. The van der Waals surface area contributed by atoms with Crippen LogP contribution >= 0.6 is 0 Å².